The van der Waals surface area contributed by atoms with Gasteiger partial charge in [0.15, 0.2) is 0 Å². The highest BCUT2D eigenvalue weighted by atomic mass is 32.2. The van der Waals surface area contributed by atoms with E-state index in [9.17, 15) is 0 Å². The monoisotopic (exact) mass is 229 g/mol. The summed E-state index contributed by atoms with van der Waals surface area (Å²) in [6.07, 6.45) is 4.74. The highest BCUT2D eigenvalue weighted by molar-refractivity contribution is 8.01. The molecule has 0 aromatic rings. The van der Waals surface area contributed by atoms with E-state index in [1.165, 1.54) is 13.0 Å². The average molecular weight is 229 g/mol. The van der Waals surface area contributed by atoms with E-state index in [1.54, 1.807) is 0 Å². The van der Waals surface area contributed by atoms with Crippen LogP contribution in [0.15, 0.2) is 0 Å². The lowest BCUT2D eigenvalue weighted by Crippen LogP contribution is -2.56. The molecule has 0 aliphatic carbocycles. The molecule has 2 aliphatic heterocycles. The Labute approximate surface area is 97.5 Å². The first-order chi connectivity index (χ1) is 7.08. The van der Waals surface area contributed by atoms with Crippen molar-refractivity contribution in [1.82, 2.24) is 5.32 Å². The molecule has 0 aromatic carbocycles. The number of thioether (sulfide) groups is 1. The van der Waals surface area contributed by atoms with E-state index >= 15 is 0 Å². The predicted molar refractivity (Wildman–Crippen MR) is 66.3 cm³/mol. The molecule has 2 heterocycles. The Morgan fingerprint density at radius 2 is 2.33 bits per heavy atom. The third-order valence-corrected chi connectivity index (χ3v) is 5.37. The van der Waals surface area contributed by atoms with Crippen LogP contribution in [0.25, 0.3) is 0 Å². The topological polar surface area (TPSA) is 21.3 Å². The van der Waals surface area contributed by atoms with Crippen LogP contribution in [0.1, 0.15) is 46.5 Å². The fraction of sp³-hybridized carbons (Fsp3) is 1.00. The molecule has 0 bridgehead atoms. The first-order valence-electron chi connectivity index (χ1n) is 6.14. The summed E-state index contributed by atoms with van der Waals surface area (Å²) in [6, 6.07) is 0. The Morgan fingerprint density at radius 3 is 3.00 bits per heavy atom. The third kappa shape index (κ3) is 2.51. The second-order valence-electron chi connectivity index (χ2n) is 5.22. The van der Waals surface area contributed by atoms with Crippen molar-refractivity contribution in [2.45, 2.75) is 62.2 Å². The minimum atomic E-state index is 0.0926. The summed E-state index contributed by atoms with van der Waals surface area (Å²) in [6.45, 7) is 8.93. The van der Waals surface area contributed by atoms with Gasteiger partial charge < -0.3 is 10.1 Å². The minimum absolute atomic E-state index is 0.0926. The lowest BCUT2D eigenvalue weighted by molar-refractivity contribution is -0.0845. The van der Waals surface area contributed by atoms with E-state index < -0.39 is 0 Å². The van der Waals surface area contributed by atoms with E-state index in [-0.39, 0.29) is 5.60 Å². The maximum absolute atomic E-state index is 5.92. The Balaban J connectivity index is 2.07. The number of rotatable bonds is 1. The summed E-state index contributed by atoms with van der Waals surface area (Å²) >= 11 is 2.14. The second-order valence-corrected chi connectivity index (χ2v) is 7.04. The van der Waals surface area contributed by atoms with E-state index in [1.807, 2.05) is 0 Å². The molecule has 0 saturated carbocycles. The summed E-state index contributed by atoms with van der Waals surface area (Å²) in [4.78, 5) is 0.306. The van der Waals surface area contributed by atoms with Crippen molar-refractivity contribution in [3.05, 3.63) is 0 Å². The van der Waals surface area contributed by atoms with Gasteiger partial charge in [0.25, 0.3) is 0 Å². The molecule has 1 N–H and O–H groups in total. The zero-order valence-corrected chi connectivity index (χ0v) is 11.0. The maximum atomic E-state index is 5.92. The summed E-state index contributed by atoms with van der Waals surface area (Å²) in [5.74, 6) is 0. The largest absolute Gasteiger partial charge is 0.375 e. The first-order valence-corrected chi connectivity index (χ1v) is 7.02. The molecule has 15 heavy (non-hydrogen) atoms. The zero-order chi connectivity index (χ0) is 10.9. The van der Waals surface area contributed by atoms with Gasteiger partial charge in [-0.25, -0.2) is 0 Å². The van der Waals surface area contributed by atoms with Crippen molar-refractivity contribution in [1.29, 1.82) is 0 Å². The lowest BCUT2D eigenvalue weighted by atomic mass is 9.89. The van der Waals surface area contributed by atoms with Gasteiger partial charge >= 0.3 is 0 Å². The SMILES string of the molecule is CCC1(C)CC2(CCO1)NCCC(C)S2. The van der Waals surface area contributed by atoms with Crippen LogP contribution in [-0.4, -0.2) is 28.9 Å². The highest BCUT2D eigenvalue weighted by Gasteiger charge is 2.44. The molecule has 2 fully saturated rings. The second kappa shape index (κ2) is 4.27. The Bertz CT molecular complexity index is 232. The van der Waals surface area contributed by atoms with Crippen molar-refractivity contribution >= 4 is 11.8 Å². The molecule has 0 aromatic heterocycles. The van der Waals surface area contributed by atoms with Gasteiger partial charge in [0.1, 0.15) is 0 Å². The molecule has 2 aliphatic rings. The Morgan fingerprint density at radius 1 is 1.53 bits per heavy atom. The molecule has 0 radical (unpaired) electrons. The molecule has 3 unspecified atom stereocenters. The quantitative estimate of drug-likeness (QED) is 0.747. The average Bonchev–Trinajstić information content (AvgIpc) is 2.17. The van der Waals surface area contributed by atoms with Gasteiger partial charge in [0.05, 0.1) is 10.5 Å². The fourth-order valence-electron chi connectivity index (χ4n) is 2.67. The van der Waals surface area contributed by atoms with Gasteiger partial charge in [0, 0.05) is 18.3 Å². The molecular formula is C12H23NOS. The molecule has 2 saturated heterocycles. The molecule has 2 nitrogen and oxygen atoms in total. The first kappa shape index (κ1) is 11.7. The smallest absolute Gasteiger partial charge is 0.0697 e. The summed E-state index contributed by atoms with van der Waals surface area (Å²) in [7, 11) is 0. The highest BCUT2D eigenvalue weighted by Crippen LogP contribution is 2.45. The number of ether oxygens (including phenoxy) is 1. The minimum Gasteiger partial charge on any atom is -0.375 e. The summed E-state index contributed by atoms with van der Waals surface area (Å²) in [5.41, 5.74) is 0.0926. The molecule has 88 valence electrons. The van der Waals surface area contributed by atoms with E-state index in [0.29, 0.717) is 4.87 Å². The van der Waals surface area contributed by atoms with Gasteiger partial charge in [-0.2, -0.15) is 0 Å². The molecule has 3 atom stereocenters. The Kier molecular flexibility index (Phi) is 3.34. The molecule has 2 rings (SSSR count). The van der Waals surface area contributed by atoms with Crippen LogP contribution in [0.5, 0.6) is 0 Å². The lowest BCUT2D eigenvalue weighted by Gasteiger charge is -2.49. The van der Waals surface area contributed by atoms with Crippen LogP contribution in [0.4, 0.5) is 0 Å². The number of nitrogens with one attached hydrogen (secondary N) is 1. The fourth-order valence-corrected chi connectivity index (χ4v) is 4.45. The molecular weight excluding hydrogens is 206 g/mol. The number of hydrogen-bond donors (Lipinski definition) is 1. The van der Waals surface area contributed by atoms with Gasteiger partial charge in [-0.05, 0) is 32.7 Å². The van der Waals surface area contributed by atoms with Gasteiger partial charge in [-0.15, -0.1) is 11.8 Å². The Hall–Kier alpha value is 0.270. The predicted octanol–water partition coefficient (Wildman–Crippen LogP) is 2.78. The van der Waals surface area contributed by atoms with Gasteiger partial charge in [-0.1, -0.05) is 13.8 Å². The van der Waals surface area contributed by atoms with Gasteiger partial charge in [-0.3, -0.25) is 0 Å². The van der Waals surface area contributed by atoms with Crippen molar-refractivity contribution in [3.8, 4) is 0 Å². The molecule has 1 spiro atoms. The van der Waals surface area contributed by atoms with E-state index in [0.717, 1.165) is 31.1 Å². The standard InChI is InChI=1S/C12H23NOS/c1-4-11(3)9-12(6-8-14-11)13-7-5-10(2)15-12/h10,13H,4-9H2,1-3H3. The summed E-state index contributed by atoms with van der Waals surface area (Å²) in [5, 5.41) is 4.53. The van der Waals surface area contributed by atoms with Crippen LogP contribution < -0.4 is 5.32 Å². The number of hydrogen-bond acceptors (Lipinski definition) is 3. The van der Waals surface area contributed by atoms with Crippen molar-refractivity contribution < 1.29 is 4.74 Å². The normalized spacial score (nSPS) is 47.0. The van der Waals surface area contributed by atoms with Crippen LogP contribution >= 0.6 is 11.8 Å². The van der Waals surface area contributed by atoms with Crippen molar-refractivity contribution in [3.63, 3.8) is 0 Å². The maximum Gasteiger partial charge on any atom is 0.0697 e. The zero-order valence-electron chi connectivity index (χ0n) is 10.1. The van der Waals surface area contributed by atoms with E-state index in [4.69, 9.17) is 4.74 Å². The van der Waals surface area contributed by atoms with Crippen molar-refractivity contribution in [2.75, 3.05) is 13.2 Å². The molecule has 0 amide bonds. The van der Waals surface area contributed by atoms with Crippen LogP contribution in [0.3, 0.4) is 0 Å². The van der Waals surface area contributed by atoms with Crippen LogP contribution in [0.2, 0.25) is 0 Å². The van der Waals surface area contributed by atoms with Crippen LogP contribution in [-0.2, 0) is 4.74 Å². The summed E-state index contributed by atoms with van der Waals surface area (Å²) < 4.78 is 5.92. The van der Waals surface area contributed by atoms with Gasteiger partial charge in [0.2, 0.25) is 0 Å². The van der Waals surface area contributed by atoms with Crippen molar-refractivity contribution in [2.24, 2.45) is 0 Å². The third-order valence-electron chi connectivity index (χ3n) is 3.79. The van der Waals surface area contributed by atoms with E-state index in [2.05, 4.69) is 37.8 Å². The van der Waals surface area contributed by atoms with Crippen LogP contribution in [0, 0.1) is 0 Å². The molecule has 3 heteroatoms.